The van der Waals surface area contributed by atoms with Crippen LogP contribution in [0.2, 0.25) is 0 Å². The number of fused-ring (bicyclic) bond motifs is 3. The highest BCUT2D eigenvalue weighted by atomic mass is 16.4. The van der Waals surface area contributed by atoms with E-state index in [-0.39, 0.29) is 6.04 Å². The molecule has 1 fully saturated rings. The first-order valence-electron chi connectivity index (χ1n) is 11.6. The summed E-state index contributed by atoms with van der Waals surface area (Å²) in [6.07, 6.45) is 1.56. The number of aromatic nitrogens is 2. The number of carbonyl (C=O) groups is 1. The highest BCUT2D eigenvalue weighted by Crippen LogP contribution is 2.36. The number of amides is 1. The van der Waals surface area contributed by atoms with Gasteiger partial charge in [0.25, 0.3) is 0 Å². The molecule has 0 unspecified atom stereocenters. The standard InChI is InChI=1S/C25H31N5O2/c1-18-7-8-20-21(30(18)25(31)32)9-10-22-24(20)27-23(17-19-5-3-2-4-6-19)29(22)16-15-28-13-11-26-12-14-28/h2-6,9-10,18,26H,7-8,11-17H2,1H3,(H,31,32)/t18-/m0/s1. The van der Waals surface area contributed by atoms with E-state index in [0.29, 0.717) is 0 Å². The average Bonchev–Trinajstić information content (AvgIpc) is 3.15. The number of aryl methyl sites for hydroxylation is 1. The Hall–Kier alpha value is -2.90. The van der Waals surface area contributed by atoms with Crippen LogP contribution in [0.3, 0.4) is 0 Å². The predicted molar refractivity (Wildman–Crippen MR) is 127 cm³/mol. The van der Waals surface area contributed by atoms with Gasteiger partial charge in [0.15, 0.2) is 0 Å². The van der Waals surface area contributed by atoms with E-state index < -0.39 is 6.09 Å². The van der Waals surface area contributed by atoms with Gasteiger partial charge in [-0.05, 0) is 37.5 Å². The Bertz CT molecular complexity index is 1100. The second-order valence-electron chi connectivity index (χ2n) is 8.90. The zero-order chi connectivity index (χ0) is 22.1. The van der Waals surface area contributed by atoms with Crippen molar-refractivity contribution in [2.75, 3.05) is 37.6 Å². The Balaban J connectivity index is 1.55. The molecule has 3 aromatic rings. The van der Waals surface area contributed by atoms with E-state index in [1.54, 1.807) is 0 Å². The Kier molecular flexibility index (Phi) is 5.85. The number of anilines is 1. The molecule has 2 N–H and O–H groups in total. The summed E-state index contributed by atoms with van der Waals surface area (Å²) < 4.78 is 2.35. The van der Waals surface area contributed by atoms with Crippen LogP contribution in [-0.4, -0.2) is 64.4 Å². The highest BCUT2D eigenvalue weighted by molar-refractivity contribution is 5.94. The quantitative estimate of drug-likeness (QED) is 0.646. The largest absolute Gasteiger partial charge is 0.465 e. The summed E-state index contributed by atoms with van der Waals surface area (Å²) in [6.45, 7) is 8.08. The van der Waals surface area contributed by atoms with Crippen molar-refractivity contribution >= 4 is 22.8 Å². The number of carboxylic acid groups (broad SMARTS) is 1. The van der Waals surface area contributed by atoms with E-state index in [1.807, 2.05) is 19.1 Å². The third kappa shape index (κ3) is 3.98. The molecule has 1 aromatic heterocycles. The minimum Gasteiger partial charge on any atom is -0.465 e. The van der Waals surface area contributed by atoms with Crippen molar-refractivity contribution in [3.63, 3.8) is 0 Å². The fourth-order valence-corrected chi connectivity index (χ4v) is 5.11. The number of nitrogens with one attached hydrogen (secondary N) is 1. The van der Waals surface area contributed by atoms with E-state index in [4.69, 9.17) is 4.98 Å². The Morgan fingerprint density at radius 3 is 2.66 bits per heavy atom. The summed E-state index contributed by atoms with van der Waals surface area (Å²) in [4.78, 5) is 21.1. The zero-order valence-electron chi connectivity index (χ0n) is 18.6. The first-order valence-corrected chi connectivity index (χ1v) is 11.6. The van der Waals surface area contributed by atoms with Gasteiger partial charge in [0.1, 0.15) is 5.82 Å². The summed E-state index contributed by atoms with van der Waals surface area (Å²) in [6, 6.07) is 14.5. The van der Waals surface area contributed by atoms with Gasteiger partial charge in [-0.25, -0.2) is 9.78 Å². The van der Waals surface area contributed by atoms with Crippen LogP contribution in [0.25, 0.3) is 11.0 Å². The molecule has 32 heavy (non-hydrogen) atoms. The van der Waals surface area contributed by atoms with E-state index in [2.05, 4.69) is 45.1 Å². The number of benzene rings is 2. The first kappa shape index (κ1) is 21.0. The van der Waals surface area contributed by atoms with Crippen LogP contribution in [0.5, 0.6) is 0 Å². The lowest BCUT2D eigenvalue weighted by Crippen LogP contribution is -2.44. The molecule has 7 nitrogen and oxygen atoms in total. The van der Waals surface area contributed by atoms with Gasteiger partial charge in [0, 0.05) is 57.3 Å². The Morgan fingerprint density at radius 2 is 1.91 bits per heavy atom. The smallest absolute Gasteiger partial charge is 0.412 e. The number of nitrogens with zero attached hydrogens (tertiary/aromatic N) is 4. The molecule has 7 heteroatoms. The molecule has 0 radical (unpaired) electrons. The molecule has 168 valence electrons. The lowest BCUT2D eigenvalue weighted by atomic mass is 9.96. The molecular formula is C25H31N5O2. The zero-order valence-corrected chi connectivity index (χ0v) is 18.6. The Morgan fingerprint density at radius 1 is 1.12 bits per heavy atom. The number of piperazine rings is 1. The number of rotatable bonds is 5. The van der Waals surface area contributed by atoms with Crippen molar-refractivity contribution in [1.82, 2.24) is 19.8 Å². The first-order chi connectivity index (χ1) is 15.6. The molecule has 0 aliphatic carbocycles. The van der Waals surface area contributed by atoms with Crippen LogP contribution in [0.15, 0.2) is 42.5 Å². The van der Waals surface area contributed by atoms with Crippen molar-refractivity contribution in [3.05, 3.63) is 59.4 Å². The maximum absolute atomic E-state index is 11.9. The molecular weight excluding hydrogens is 402 g/mol. The third-order valence-corrected chi connectivity index (χ3v) is 6.85. The molecule has 5 rings (SSSR count). The molecule has 0 spiro atoms. The average molecular weight is 434 g/mol. The second-order valence-corrected chi connectivity index (χ2v) is 8.90. The maximum atomic E-state index is 11.9. The molecule has 1 atom stereocenters. The van der Waals surface area contributed by atoms with E-state index in [0.717, 1.165) is 86.6 Å². The van der Waals surface area contributed by atoms with Crippen LogP contribution in [0, 0.1) is 0 Å². The van der Waals surface area contributed by atoms with E-state index in [1.165, 1.54) is 10.5 Å². The summed E-state index contributed by atoms with van der Waals surface area (Å²) >= 11 is 0. The summed E-state index contributed by atoms with van der Waals surface area (Å²) in [5.74, 6) is 1.05. The molecule has 2 aliphatic heterocycles. The monoisotopic (exact) mass is 433 g/mol. The van der Waals surface area contributed by atoms with Crippen molar-refractivity contribution in [2.24, 2.45) is 0 Å². The molecule has 2 aliphatic rings. The molecule has 3 heterocycles. The van der Waals surface area contributed by atoms with Gasteiger partial charge in [0.05, 0.1) is 16.7 Å². The fraction of sp³-hybridized carbons (Fsp3) is 0.440. The van der Waals surface area contributed by atoms with Gasteiger partial charge in [0.2, 0.25) is 0 Å². The van der Waals surface area contributed by atoms with Crippen molar-refractivity contribution in [1.29, 1.82) is 0 Å². The van der Waals surface area contributed by atoms with Crippen molar-refractivity contribution in [2.45, 2.75) is 38.8 Å². The van der Waals surface area contributed by atoms with Gasteiger partial charge in [-0.15, -0.1) is 0 Å². The molecule has 2 aromatic carbocycles. The highest BCUT2D eigenvalue weighted by Gasteiger charge is 2.30. The van der Waals surface area contributed by atoms with Gasteiger partial charge in [-0.3, -0.25) is 9.80 Å². The van der Waals surface area contributed by atoms with Crippen LogP contribution in [-0.2, 0) is 19.4 Å². The molecule has 0 bridgehead atoms. The fourth-order valence-electron chi connectivity index (χ4n) is 5.11. The minimum absolute atomic E-state index is 0.0176. The van der Waals surface area contributed by atoms with Crippen LogP contribution >= 0.6 is 0 Å². The number of hydrogen-bond acceptors (Lipinski definition) is 4. The van der Waals surface area contributed by atoms with Gasteiger partial charge >= 0.3 is 6.09 Å². The third-order valence-electron chi connectivity index (χ3n) is 6.85. The summed E-state index contributed by atoms with van der Waals surface area (Å²) in [5.41, 5.74) is 5.18. The minimum atomic E-state index is -0.888. The lowest BCUT2D eigenvalue weighted by molar-refractivity contribution is 0.198. The summed E-state index contributed by atoms with van der Waals surface area (Å²) in [7, 11) is 0. The Labute approximate surface area is 188 Å². The van der Waals surface area contributed by atoms with Gasteiger partial charge in [-0.1, -0.05) is 30.3 Å². The number of hydrogen-bond donors (Lipinski definition) is 2. The SMILES string of the molecule is C[C@H]1CCc2c(ccc3c2nc(Cc2ccccc2)n3CCN2CCNCC2)N1C(=O)O. The maximum Gasteiger partial charge on any atom is 0.412 e. The predicted octanol–water partition coefficient (Wildman–Crippen LogP) is 3.35. The molecule has 1 saturated heterocycles. The van der Waals surface area contributed by atoms with E-state index >= 15 is 0 Å². The van der Waals surface area contributed by atoms with Crippen LogP contribution < -0.4 is 10.2 Å². The van der Waals surface area contributed by atoms with Crippen molar-refractivity contribution < 1.29 is 9.90 Å². The van der Waals surface area contributed by atoms with Gasteiger partial charge in [-0.2, -0.15) is 0 Å². The van der Waals surface area contributed by atoms with E-state index in [9.17, 15) is 9.90 Å². The lowest BCUT2D eigenvalue weighted by Gasteiger charge is -2.33. The second kappa shape index (κ2) is 8.92. The summed E-state index contributed by atoms with van der Waals surface area (Å²) in [5, 5.41) is 13.2. The topological polar surface area (TPSA) is 73.6 Å². The van der Waals surface area contributed by atoms with Gasteiger partial charge < -0.3 is 15.0 Å². The molecule has 0 saturated carbocycles. The van der Waals surface area contributed by atoms with Crippen LogP contribution in [0.4, 0.5) is 10.5 Å². The normalized spacial score (nSPS) is 19.3. The molecule has 1 amide bonds. The number of imidazole rings is 1. The van der Waals surface area contributed by atoms with Crippen molar-refractivity contribution in [3.8, 4) is 0 Å². The van der Waals surface area contributed by atoms with Crippen LogP contribution in [0.1, 0.15) is 30.3 Å².